The minimum atomic E-state index is -0.786. The lowest BCUT2D eigenvalue weighted by Crippen LogP contribution is -2.08. The number of aliphatic carboxylic acids is 1. The molecule has 10 heavy (non-hydrogen) atoms. The number of carbonyl (C=O) groups excluding carboxylic acids is 1. The average Bonchev–Trinajstić information content (AvgIpc) is 1.88. The summed E-state index contributed by atoms with van der Waals surface area (Å²) in [6, 6.07) is 0. The van der Waals surface area contributed by atoms with Gasteiger partial charge in [0, 0.05) is 6.42 Å². The number of hydrogen-bond acceptors (Lipinski definition) is 2. The van der Waals surface area contributed by atoms with Crippen molar-refractivity contribution in [2.24, 2.45) is 5.92 Å². The van der Waals surface area contributed by atoms with Gasteiger partial charge in [-0.05, 0) is 12.8 Å². The number of unbranched alkanes of at least 4 members (excludes halogenated alkanes) is 1. The van der Waals surface area contributed by atoms with Gasteiger partial charge >= 0.3 is 5.97 Å². The molecule has 0 saturated carbocycles. The van der Waals surface area contributed by atoms with Crippen molar-refractivity contribution in [3.63, 3.8) is 0 Å². The number of carboxylic acids is 1. The summed E-state index contributed by atoms with van der Waals surface area (Å²) in [5.74, 6) is -1.11. The summed E-state index contributed by atoms with van der Waals surface area (Å²) in [5, 5.41) is 8.39. The van der Waals surface area contributed by atoms with Crippen molar-refractivity contribution in [2.45, 2.75) is 26.2 Å². The summed E-state index contributed by atoms with van der Waals surface area (Å²) in [7, 11) is 0. The highest BCUT2D eigenvalue weighted by atomic mass is 16.4. The molecule has 0 aliphatic rings. The van der Waals surface area contributed by atoms with Crippen molar-refractivity contribution < 1.29 is 14.7 Å². The molecule has 0 bridgehead atoms. The molecule has 0 radical (unpaired) electrons. The van der Waals surface area contributed by atoms with E-state index in [1.165, 1.54) is 0 Å². The van der Waals surface area contributed by atoms with E-state index in [1.807, 2.05) is 0 Å². The zero-order valence-electron chi connectivity index (χ0n) is 6.04. The van der Waals surface area contributed by atoms with Gasteiger partial charge in [0.15, 0.2) is 0 Å². The Kier molecular flexibility index (Phi) is 4.54. The van der Waals surface area contributed by atoms with Crippen LogP contribution < -0.4 is 0 Å². The van der Waals surface area contributed by atoms with E-state index in [-0.39, 0.29) is 5.92 Å². The molecule has 3 heteroatoms. The van der Waals surface area contributed by atoms with E-state index in [0.717, 1.165) is 6.29 Å². The van der Waals surface area contributed by atoms with Crippen molar-refractivity contribution in [1.29, 1.82) is 0 Å². The largest absolute Gasteiger partial charge is 0.481 e. The van der Waals surface area contributed by atoms with Gasteiger partial charge in [-0.2, -0.15) is 0 Å². The van der Waals surface area contributed by atoms with Gasteiger partial charge in [-0.15, -0.1) is 0 Å². The third-order valence-electron chi connectivity index (χ3n) is 1.38. The molecule has 3 nitrogen and oxygen atoms in total. The van der Waals surface area contributed by atoms with E-state index in [2.05, 4.69) is 0 Å². The van der Waals surface area contributed by atoms with E-state index >= 15 is 0 Å². The SMILES string of the molecule is C[C@H](CCCC=O)C(=O)O. The molecule has 0 aliphatic heterocycles. The lowest BCUT2D eigenvalue weighted by Gasteiger charge is -2.01. The van der Waals surface area contributed by atoms with Crippen LogP contribution in [0.1, 0.15) is 26.2 Å². The van der Waals surface area contributed by atoms with Gasteiger partial charge in [0.1, 0.15) is 6.29 Å². The molecule has 0 aromatic heterocycles. The summed E-state index contributed by atoms with van der Waals surface area (Å²) in [6.07, 6.45) is 2.55. The summed E-state index contributed by atoms with van der Waals surface area (Å²) in [6.45, 7) is 1.65. The van der Waals surface area contributed by atoms with Gasteiger partial charge in [-0.1, -0.05) is 6.92 Å². The summed E-state index contributed by atoms with van der Waals surface area (Å²) in [4.78, 5) is 20.0. The molecular weight excluding hydrogens is 132 g/mol. The highest BCUT2D eigenvalue weighted by Gasteiger charge is 2.08. The Morgan fingerprint density at radius 2 is 2.30 bits per heavy atom. The van der Waals surface area contributed by atoms with Gasteiger partial charge in [0.25, 0.3) is 0 Å². The van der Waals surface area contributed by atoms with Crippen molar-refractivity contribution in [3.8, 4) is 0 Å². The van der Waals surface area contributed by atoms with E-state index < -0.39 is 5.97 Å². The average molecular weight is 144 g/mol. The van der Waals surface area contributed by atoms with Crippen molar-refractivity contribution in [1.82, 2.24) is 0 Å². The number of carbonyl (C=O) groups is 2. The molecular formula is C7H12O3. The van der Waals surface area contributed by atoms with Gasteiger partial charge in [0.05, 0.1) is 5.92 Å². The Labute approximate surface area is 60.0 Å². The first-order valence-corrected chi connectivity index (χ1v) is 3.35. The molecule has 0 amide bonds. The van der Waals surface area contributed by atoms with Crippen LogP contribution >= 0.6 is 0 Å². The first kappa shape index (κ1) is 9.14. The second kappa shape index (κ2) is 4.97. The maximum Gasteiger partial charge on any atom is 0.306 e. The fourth-order valence-corrected chi connectivity index (χ4v) is 0.631. The van der Waals surface area contributed by atoms with Crippen LogP contribution in [0.2, 0.25) is 0 Å². The Hall–Kier alpha value is -0.860. The summed E-state index contributed by atoms with van der Waals surface area (Å²) in [5.41, 5.74) is 0. The van der Waals surface area contributed by atoms with Crippen LogP contribution in [0.15, 0.2) is 0 Å². The third-order valence-corrected chi connectivity index (χ3v) is 1.38. The fourth-order valence-electron chi connectivity index (χ4n) is 0.631. The summed E-state index contributed by atoms with van der Waals surface area (Å²) >= 11 is 0. The Morgan fingerprint density at radius 1 is 1.70 bits per heavy atom. The molecule has 0 aromatic rings. The number of hydrogen-bond donors (Lipinski definition) is 1. The highest BCUT2D eigenvalue weighted by molar-refractivity contribution is 5.69. The van der Waals surface area contributed by atoms with Crippen molar-refractivity contribution in [3.05, 3.63) is 0 Å². The molecule has 0 unspecified atom stereocenters. The molecule has 0 heterocycles. The van der Waals surface area contributed by atoms with Crippen molar-refractivity contribution >= 4 is 12.3 Å². The first-order chi connectivity index (χ1) is 4.68. The van der Waals surface area contributed by atoms with Gasteiger partial charge in [-0.3, -0.25) is 4.79 Å². The molecule has 0 rings (SSSR count). The standard InChI is InChI=1S/C7H12O3/c1-6(7(9)10)4-2-3-5-8/h5-6H,2-4H2,1H3,(H,9,10)/t6-/m1/s1. The zero-order valence-corrected chi connectivity index (χ0v) is 6.04. The molecule has 1 atom stereocenters. The van der Waals surface area contributed by atoms with E-state index in [1.54, 1.807) is 6.92 Å². The topological polar surface area (TPSA) is 54.4 Å². The van der Waals surface area contributed by atoms with E-state index in [4.69, 9.17) is 5.11 Å². The maximum atomic E-state index is 10.2. The Balaban J connectivity index is 3.30. The van der Waals surface area contributed by atoms with Crippen LogP contribution in [0.4, 0.5) is 0 Å². The lowest BCUT2D eigenvalue weighted by atomic mass is 10.1. The van der Waals surface area contributed by atoms with E-state index in [0.29, 0.717) is 19.3 Å². The fraction of sp³-hybridized carbons (Fsp3) is 0.714. The normalized spacial score (nSPS) is 12.5. The van der Waals surface area contributed by atoms with Gasteiger partial charge in [-0.25, -0.2) is 0 Å². The number of aldehydes is 1. The molecule has 0 aromatic carbocycles. The zero-order chi connectivity index (χ0) is 7.98. The molecule has 58 valence electrons. The van der Waals surface area contributed by atoms with E-state index in [9.17, 15) is 9.59 Å². The van der Waals surface area contributed by atoms with Gasteiger partial charge < -0.3 is 9.90 Å². The quantitative estimate of drug-likeness (QED) is 0.464. The Morgan fingerprint density at radius 3 is 2.70 bits per heavy atom. The molecule has 0 saturated heterocycles. The van der Waals surface area contributed by atoms with Crippen molar-refractivity contribution in [2.75, 3.05) is 0 Å². The number of rotatable bonds is 5. The van der Waals surface area contributed by atoms with Crippen LogP contribution in [0.25, 0.3) is 0 Å². The Bertz CT molecular complexity index is 120. The minimum Gasteiger partial charge on any atom is -0.481 e. The monoisotopic (exact) mass is 144 g/mol. The van der Waals surface area contributed by atoms with Gasteiger partial charge in [0.2, 0.25) is 0 Å². The van der Waals surface area contributed by atoms with Crippen LogP contribution in [0.3, 0.4) is 0 Å². The molecule has 0 fully saturated rings. The first-order valence-electron chi connectivity index (χ1n) is 3.35. The smallest absolute Gasteiger partial charge is 0.306 e. The predicted octanol–water partition coefficient (Wildman–Crippen LogP) is 1.08. The second-order valence-corrected chi connectivity index (χ2v) is 2.34. The lowest BCUT2D eigenvalue weighted by molar-refractivity contribution is -0.141. The van der Waals surface area contributed by atoms with Crippen LogP contribution in [0, 0.1) is 5.92 Å². The predicted molar refractivity (Wildman–Crippen MR) is 36.7 cm³/mol. The molecule has 0 spiro atoms. The van der Waals surface area contributed by atoms with Crippen LogP contribution in [-0.4, -0.2) is 17.4 Å². The summed E-state index contributed by atoms with van der Waals surface area (Å²) < 4.78 is 0. The molecule has 0 aliphatic carbocycles. The van der Waals surface area contributed by atoms with Crippen LogP contribution in [0.5, 0.6) is 0 Å². The molecule has 1 N–H and O–H groups in total. The minimum absolute atomic E-state index is 0.319. The highest BCUT2D eigenvalue weighted by Crippen LogP contribution is 2.05. The second-order valence-electron chi connectivity index (χ2n) is 2.34. The number of carboxylic acid groups (broad SMARTS) is 1. The van der Waals surface area contributed by atoms with Crippen LogP contribution in [-0.2, 0) is 9.59 Å². The third kappa shape index (κ3) is 4.06. The maximum absolute atomic E-state index is 10.2.